The molecule has 1 aliphatic rings. The van der Waals surface area contributed by atoms with Crippen LogP contribution in [0.25, 0.3) is 5.57 Å². The molecule has 2 heteroatoms. The fourth-order valence-corrected chi connectivity index (χ4v) is 2.47. The third kappa shape index (κ3) is 4.43. The molecule has 1 aliphatic heterocycles. The largest absolute Gasteiger partial charge is 0.344 e. The first-order chi connectivity index (χ1) is 11.9. The SMILES string of the molecule is C1=CN(c2ccccc2)CC(c2cccnc2)=C1.c1ccccc1. The summed E-state index contributed by atoms with van der Waals surface area (Å²) in [4.78, 5) is 6.41. The molecule has 0 saturated carbocycles. The smallest absolute Gasteiger partial charge is 0.0482 e. The molecule has 2 heterocycles. The second-order valence-electron chi connectivity index (χ2n) is 5.39. The molecule has 4 rings (SSSR count). The fourth-order valence-electron chi connectivity index (χ4n) is 2.47. The van der Waals surface area contributed by atoms with Gasteiger partial charge in [0.25, 0.3) is 0 Å². The zero-order chi connectivity index (χ0) is 16.5. The third-order valence-electron chi connectivity index (χ3n) is 3.69. The third-order valence-corrected chi connectivity index (χ3v) is 3.69. The van der Waals surface area contributed by atoms with Gasteiger partial charge in [0.15, 0.2) is 0 Å². The molecule has 2 aromatic carbocycles. The Morgan fingerprint density at radius 1 is 0.750 bits per heavy atom. The number of aromatic nitrogens is 1. The van der Waals surface area contributed by atoms with E-state index in [1.54, 1.807) is 6.20 Å². The van der Waals surface area contributed by atoms with E-state index in [2.05, 4.69) is 58.6 Å². The summed E-state index contributed by atoms with van der Waals surface area (Å²) in [5, 5.41) is 0. The van der Waals surface area contributed by atoms with Crippen molar-refractivity contribution in [2.75, 3.05) is 11.4 Å². The average Bonchev–Trinajstić information content (AvgIpc) is 2.71. The van der Waals surface area contributed by atoms with E-state index >= 15 is 0 Å². The Hall–Kier alpha value is -3.13. The molecule has 0 N–H and O–H groups in total. The van der Waals surface area contributed by atoms with Gasteiger partial charge in [-0.05, 0) is 35.4 Å². The van der Waals surface area contributed by atoms with Crippen LogP contribution in [-0.2, 0) is 0 Å². The number of para-hydroxylation sites is 1. The van der Waals surface area contributed by atoms with E-state index in [4.69, 9.17) is 0 Å². The van der Waals surface area contributed by atoms with Gasteiger partial charge in [0.2, 0.25) is 0 Å². The van der Waals surface area contributed by atoms with Gasteiger partial charge < -0.3 is 4.90 Å². The van der Waals surface area contributed by atoms with Gasteiger partial charge in [-0.1, -0.05) is 66.7 Å². The van der Waals surface area contributed by atoms with Gasteiger partial charge in [0, 0.05) is 30.8 Å². The molecule has 24 heavy (non-hydrogen) atoms. The van der Waals surface area contributed by atoms with Crippen LogP contribution in [0.1, 0.15) is 5.56 Å². The van der Waals surface area contributed by atoms with Crippen molar-refractivity contribution < 1.29 is 0 Å². The van der Waals surface area contributed by atoms with E-state index in [1.807, 2.05) is 54.7 Å². The summed E-state index contributed by atoms with van der Waals surface area (Å²) in [5.74, 6) is 0. The molecule has 2 nitrogen and oxygen atoms in total. The normalized spacial score (nSPS) is 12.8. The first-order valence-corrected chi connectivity index (χ1v) is 8.03. The number of hydrogen-bond acceptors (Lipinski definition) is 2. The maximum Gasteiger partial charge on any atom is 0.0482 e. The molecule has 0 spiro atoms. The van der Waals surface area contributed by atoms with Gasteiger partial charge in [0.05, 0.1) is 0 Å². The van der Waals surface area contributed by atoms with Crippen LogP contribution in [0, 0.1) is 0 Å². The van der Waals surface area contributed by atoms with Gasteiger partial charge in [-0.2, -0.15) is 0 Å². The van der Waals surface area contributed by atoms with E-state index in [-0.39, 0.29) is 0 Å². The average molecular weight is 312 g/mol. The van der Waals surface area contributed by atoms with Crippen LogP contribution in [0.3, 0.4) is 0 Å². The number of anilines is 1. The molecule has 0 bridgehead atoms. The van der Waals surface area contributed by atoms with Crippen LogP contribution in [0.15, 0.2) is 110 Å². The van der Waals surface area contributed by atoms with Crippen molar-refractivity contribution in [1.29, 1.82) is 0 Å². The molecule has 0 aliphatic carbocycles. The quantitative estimate of drug-likeness (QED) is 0.647. The summed E-state index contributed by atoms with van der Waals surface area (Å²) in [6.45, 7) is 0.881. The summed E-state index contributed by atoms with van der Waals surface area (Å²) in [7, 11) is 0. The monoisotopic (exact) mass is 312 g/mol. The molecule has 0 atom stereocenters. The van der Waals surface area contributed by atoms with E-state index < -0.39 is 0 Å². The van der Waals surface area contributed by atoms with Crippen molar-refractivity contribution in [2.45, 2.75) is 0 Å². The van der Waals surface area contributed by atoms with Crippen LogP contribution < -0.4 is 4.90 Å². The summed E-state index contributed by atoms with van der Waals surface area (Å²) < 4.78 is 0. The maximum atomic E-state index is 4.17. The van der Waals surface area contributed by atoms with Gasteiger partial charge in [-0.25, -0.2) is 0 Å². The first-order valence-electron chi connectivity index (χ1n) is 8.03. The van der Waals surface area contributed by atoms with Crippen molar-refractivity contribution >= 4 is 11.3 Å². The highest BCUT2D eigenvalue weighted by atomic mass is 15.1. The second-order valence-corrected chi connectivity index (χ2v) is 5.39. The molecule has 0 unspecified atom stereocenters. The molecule has 118 valence electrons. The van der Waals surface area contributed by atoms with E-state index in [0.29, 0.717) is 0 Å². The predicted octanol–water partition coefficient (Wildman–Crippen LogP) is 5.19. The highest BCUT2D eigenvalue weighted by molar-refractivity contribution is 5.73. The zero-order valence-corrected chi connectivity index (χ0v) is 13.5. The summed E-state index contributed by atoms with van der Waals surface area (Å²) in [6.07, 6.45) is 10.1. The Bertz CT molecular complexity index is 751. The van der Waals surface area contributed by atoms with E-state index in [1.165, 1.54) is 16.8 Å². The highest BCUT2D eigenvalue weighted by Crippen LogP contribution is 2.23. The van der Waals surface area contributed by atoms with Crippen LogP contribution in [0.2, 0.25) is 0 Å². The standard InChI is InChI=1S/C16H14N2.C6H6/c1-2-8-16(9-3-1)18-11-5-7-15(13-18)14-6-4-10-17-12-14;1-2-4-6-5-3-1/h1-12H,13H2;1-6H. The van der Waals surface area contributed by atoms with Crippen molar-refractivity contribution in [3.8, 4) is 0 Å². The molecule has 0 fully saturated rings. The number of hydrogen-bond donors (Lipinski definition) is 0. The van der Waals surface area contributed by atoms with Crippen molar-refractivity contribution in [3.05, 3.63) is 115 Å². The molecule has 3 aromatic rings. The molecule has 0 saturated heterocycles. The number of pyridine rings is 1. The van der Waals surface area contributed by atoms with Gasteiger partial charge in [-0.3, -0.25) is 4.98 Å². The maximum absolute atomic E-state index is 4.17. The van der Waals surface area contributed by atoms with Gasteiger partial charge in [0.1, 0.15) is 0 Å². The van der Waals surface area contributed by atoms with E-state index in [9.17, 15) is 0 Å². The van der Waals surface area contributed by atoms with Gasteiger partial charge >= 0.3 is 0 Å². The lowest BCUT2D eigenvalue weighted by Crippen LogP contribution is -2.20. The van der Waals surface area contributed by atoms with E-state index in [0.717, 1.165) is 6.54 Å². The zero-order valence-electron chi connectivity index (χ0n) is 13.5. The number of benzene rings is 2. The number of allylic oxidation sites excluding steroid dienone is 2. The second kappa shape index (κ2) is 8.49. The minimum Gasteiger partial charge on any atom is -0.344 e. The van der Waals surface area contributed by atoms with Crippen LogP contribution in [0.5, 0.6) is 0 Å². The Balaban J connectivity index is 0.000000238. The molecular formula is C22H20N2. The molecular weight excluding hydrogens is 292 g/mol. The minimum absolute atomic E-state index is 0.881. The predicted molar refractivity (Wildman–Crippen MR) is 102 cm³/mol. The first kappa shape index (κ1) is 15.8. The lowest BCUT2D eigenvalue weighted by atomic mass is 10.1. The Morgan fingerprint density at radius 2 is 1.42 bits per heavy atom. The molecule has 1 aromatic heterocycles. The lowest BCUT2D eigenvalue weighted by Gasteiger charge is -2.24. The van der Waals surface area contributed by atoms with Crippen molar-refractivity contribution in [3.63, 3.8) is 0 Å². The number of nitrogens with zero attached hydrogens (tertiary/aromatic N) is 2. The summed E-state index contributed by atoms with van der Waals surface area (Å²) in [6, 6.07) is 26.5. The van der Waals surface area contributed by atoms with Crippen LogP contribution >= 0.6 is 0 Å². The van der Waals surface area contributed by atoms with Crippen molar-refractivity contribution in [2.24, 2.45) is 0 Å². The van der Waals surface area contributed by atoms with Crippen molar-refractivity contribution in [1.82, 2.24) is 4.98 Å². The lowest BCUT2D eigenvalue weighted by molar-refractivity contribution is 1.08. The van der Waals surface area contributed by atoms with Crippen LogP contribution in [-0.4, -0.2) is 11.5 Å². The summed E-state index contributed by atoms with van der Waals surface area (Å²) in [5.41, 5.74) is 3.68. The topological polar surface area (TPSA) is 16.1 Å². The number of rotatable bonds is 2. The molecule has 0 radical (unpaired) electrons. The Morgan fingerprint density at radius 3 is 2.04 bits per heavy atom. The Labute approximate surface area is 143 Å². The van der Waals surface area contributed by atoms with Crippen LogP contribution in [0.4, 0.5) is 5.69 Å². The molecule has 0 amide bonds. The minimum atomic E-state index is 0.881. The summed E-state index contributed by atoms with van der Waals surface area (Å²) >= 11 is 0. The fraction of sp³-hybridized carbons (Fsp3) is 0.0455. The Kier molecular flexibility index (Phi) is 5.57. The highest BCUT2D eigenvalue weighted by Gasteiger charge is 2.10. The van der Waals surface area contributed by atoms with Gasteiger partial charge in [-0.15, -0.1) is 0 Å².